The third-order valence-corrected chi connectivity index (χ3v) is 3.52. The number of Topliss-reactive ketones (excluding diaryl/α,β-unsaturated/α-hetero) is 1. The second-order valence-electron chi connectivity index (χ2n) is 5.36. The van der Waals surface area contributed by atoms with Crippen LogP contribution in [-0.2, 0) is 9.53 Å². The highest BCUT2D eigenvalue weighted by molar-refractivity contribution is 6.00. The maximum atomic E-state index is 11.9. The molecule has 1 atom stereocenters. The zero-order chi connectivity index (χ0) is 11.1. The lowest BCUT2D eigenvalue weighted by atomic mass is 9.66. The van der Waals surface area contributed by atoms with Crippen LogP contribution in [0.1, 0.15) is 39.5 Å². The molecule has 1 saturated carbocycles. The molecule has 1 aliphatic heterocycles. The molecule has 1 unspecified atom stereocenters. The average molecular weight is 210 g/mol. The molecule has 2 aliphatic rings. The first-order valence-corrected chi connectivity index (χ1v) is 5.51. The van der Waals surface area contributed by atoms with Gasteiger partial charge >= 0.3 is 0 Å². The van der Waals surface area contributed by atoms with Gasteiger partial charge in [0.1, 0.15) is 0 Å². The highest BCUT2D eigenvalue weighted by Gasteiger charge is 2.49. The molecule has 1 N–H and O–H groups in total. The van der Waals surface area contributed by atoms with E-state index < -0.39 is 5.41 Å². The fraction of sp³-hybridized carbons (Fsp3) is 0.750. The molecule has 0 aromatic rings. The van der Waals surface area contributed by atoms with E-state index in [2.05, 4.69) is 0 Å². The van der Waals surface area contributed by atoms with Crippen molar-refractivity contribution in [2.75, 3.05) is 6.61 Å². The summed E-state index contributed by atoms with van der Waals surface area (Å²) in [5.74, 6) is 0.0612. The number of ketones is 1. The molecule has 0 radical (unpaired) electrons. The maximum Gasteiger partial charge on any atom is 0.167 e. The van der Waals surface area contributed by atoms with Crippen molar-refractivity contribution in [1.29, 1.82) is 0 Å². The van der Waals surface area contributed by atoms with Crippen LogP contribution < -0.4 is 0 Å². The second-order valence-corrected chi connectivity index (χ2v) is 5.36. The summed E-state index contributed by atoms with van der Waals surface area (Å²) in [6.45, 7) is 4.64. The summed E-state index contributed by atoms with van der Waals surface area (Å²) in [5.41, 5.74) is -0.0727. The molecule has 3 heteroatoms. The van der Waals surface area contributed by atoms with Gasteiger partial charge in [0.05, 0.1) is 11.9 Å². The van der Waals surface area contributed by atoms with Crippen molar-refractivity contribution in [2.24, 2.45) is 5.41 Å². The quantitative estimate of drug-likeness (QED) is 0.493. The maximum absolute atomic E-state index is 11.9. The molecule has 15 heavy (non-hydrogen) atoms. The zero-order valence-electron chi connectivity index (χ0n) is 9.38. The topological polar surface area (TPSA) is 46.5 Å². The molecule has 0 aromatic heterocycles. The highest BCUT2D eigenvalue weighted by Crippen LogP contribution is 2.47. The molecule has 84 valence electrons. The number of carbonyl (C=O) groups excluding carboxylic acids is 1. The van der Waals surface area contributed by atoms with Crippen molar-refractivity contribution in [1.82, 2.24) is 0 Å². The molecule has 0 aromatic carbocycles. The van der Waals surface area contributed by atoms with E-state index in [0.717, 1.165) is 32.1 Å². The summed E-state index contributed by atoms with van der Waals surface area (Å²) in [6, 6.07) is 0. The lowest BCUT2D eigenvalue weighted by molar-refractivity contribution is -0.133. The lowest BCUT2D eigenvalue weighted by Crippen LogP contribution is -2.45. The Kier molecular flexibility index (Phi) is 2.38. The van der Waals surface area contributed by atoms with Crippen LogP contribution in [0.4, 0.5) is 0 Å². The molecular formula is C12H18O3. The van der Waals surface area contributed by atoms with Gasteiger partial charge in [0.25, 0.3) is 0 Å². The van der Waals surface area contributed by atoms with Crippen molar-refractivity contribution in [3.63, 3.8) is 0 Å². The Morgan fingerprint density at radius 1 is 1.47 bits per heavy atom. The van der Waals surface area contributed by atoms with E-state index in [1.165, 1.54) is 0 Å². The smallest absolute Gasteiger partial charge is 0.167 e. The number of rotatable bonds is 0. The van der Waals surface area contributed by atoms with Gasteiger partial charge < -0.3 is 9.84 Å². The first kappa shape index (κ1) is 10.7. The number of hydrogen-bond acceptors (Lipinski definition) is 3. The minimum atomic E-state index is -0.406. The summed E-state index contributed by atoms with van der Waals surface area (Å²) >= 11 is 0. The first-order chi connectivity index (χ1) is 6.99. The molecule has 1 aliphatic carbocycles. The van der Waals surface area contributed by atoms with E-state index in [0.29, 0.717) is 12.0 Å². The summed E-state index contributed by atoms with van der Waals surface area (Å²) in [7, 11) is 0. The van der Waals surface area contributed by atoms with Crippen LogP contribution in [0, 0.1) is 5.41 Å². The lowest BCUT2D eigenvalue weighted by Gasteiger charge is -2.41. The molecule has 0 amide bonds. The van der Waals surface area contributed by atoms with Crippen LogP contribution in [0.25, 0.3) is 0 Å². The van der Waals surface area contributed by atoms with Crippen molar-refractivity contribution in [3.05, 3.63) is 11.8 Å². The van der Waals surface area contributed by atoms with Gasteiger partial charge in [-0.05, 0) is 19.3 Å². The van der Waals surface area contributed by atoms with Crippen molar-refractivity contribution >= 4 is 5.78 Å². The number of hydrogen-bond donors (Lipinski definition) is 1. The van der Waals surface area contributed by atoms with Crippen molar-refractivity contribution in [3.8, 4) is 0 Å². The Labute approximate surface area is 90.1 Å². The third kappa shape index (κ3) is 1.69. The van der Waals surface area contributed by atoms with Gasteiger partial charge in [-0.2, -0.15) is 0 Å². The summed E-state index contributed by atoms with van der Waals surface area (Å²) in [5, 5.41) is 9.10. The van der Waals surface area contributed by atoms with Crippen LogP contribution in [-0.4, -0.2) is 23.1 Å². The summed E-state index contributed by atoms with van der Waals surface area (Å²) in [4.78, 5) is 11.9. The van der Waals surface area contributed by atoms with Gasteiger partial charge in [-0.15, -0.1) is 0 Å². The Morgan fingerprint density at radius 2 is 2.20 bits per heavy atom. The molecule has 3 nitrogen and oxygen atoms in total. The zero-order valence-corrected chi connectivity index (χ0v) is 9.38. The predicted molar refractivity (Wildman–Crippen MR) is 56.7 cm³/mol. The van der Waals surface area contributed by atoms with Crippen LogP contribution in [0.2, 0.25) is 0 Å². The van der Waals surface area contributed by atoms with E-state index in [1.807, 2.05) is 13.8 Å². The molecule has 1 saturated heterocycles. The molecule has 0 bridgehead atoms. The monoisotopic (exact) mass is 210 g/mol. The van der Waals surface area contributed by atoms with Gasteiger partial charge in [-0.25, -0.2) is 0 Å². The average Bonchev–Trinajstić information content (AvgIpc) is 2.59. The van der Waals surface area contributed by atoms with E-state index >= 15 is 0 Å². The van der Waals surface area contributed by atoms with Crippen LogP contribution >= 0.6 is 0 Å². The van der Waals surface area contributed by atoms with Gasteiger partial charge in [0.15, 0.2) is 5.78 Å². The third-order valence-electron chi connectivity index (χ3n) is 3.52. The molecule has 1 spiro atoms. The summed E-state index contributed by atoms with van der Waals surface area (Å²) in [6.07, 6.45) is 4.37. The van der Waals surface area contributed by atoms with E-state index in [4.69, 9.17) is 9.84 Å². The minimum Gasteiger partial charge on any atom is -0.515 e. The highest BCUT2D eigenvalue weighted by atomic mass is 16.5. The van der Waals surface area contributed by atoms with E-state index in [9.17, 15) is 4.79 Å². The largest absolute Gasteiger partial charge is 0.515 e. The Balaban J connectivity index is 2.30. The van der Waals surface area contributed by atoms with Crippen LogP contribution in [0.15, 0.2) is 11.8 Å². The Morgan fingerprint density at radius 3 is 2.73 bits per heavy atom. The Bertz CT molecular complexity index is 309. The predicted octanol–water partition coefficient (Wildman–Crippen LogP) is 2.37. The fourth-order valence-electron chi connectivity index (χ4n) is 2.95. The van der Waals surface area contributed by atoms with Gasteiger partial charge in [0.2, 0.25) is 0 Å². The molecular weight excluding hydrogens is 192 g/mol. The Hall–Kier alpha value is -0.830. The first-order valence-electron chi connectivity index (χ1n) is 5.51. The number of aliphatic hydroxyl groups excluding tert-OH is 1. The summed E-state index contributed by atoms with van der Waals surface area (Å²) < 4.78 is 5.79. The van der Waals surface area contributed by atoms with Gasteiger partial charge in [0, 0.05) is 24.0 Å². The number of aliphatic hydroxyl groups is 1. The minimum absolute atomic E-state index is 0.0612. The standard InChI is InChI=1S/C12H18O3/c1-11(2)8-12(4-3-5-15-12)6-9(7-13)10(11)14/h7,13H,3-6,8H2,1-2H3. The molecule has 2 rings (SSSR count). The van der Waals surface area contributed by atoms with Crippen LogP contribution in [0.3, 0.4) is 0 Å². The van der Waals surface area contributed by atoms with Crippen molar-refractivity contribution in [2.45, 2.75) is 45.1 Å². The SMILES string of the molecule is CC1(C)CC2(CCCO2)CC(=CO)C1=O. The van der Waals surface area contributed by atoms with E-state index in [-0.39, 0.29) is 11.4 Å². The van der Waals surface area contributed by atoms with Crippen LogP contribution in [0.5, 0.6) is 0 Å². The van der Waals surface area contributed by atoms with Crippen molar-refractivity contribution < 1.29 is 14.6 Å². The fourth-order valence-corrected chi connectivity index (χ4v) is 2.95. The number of carbonyl (C=O) groups is 1. The van der Waals surface area contributed by atoms with Gasteiger partial charge in [-0.1, -0.05) is 13.8 Å². The van der Waals surface area contributed by atoms with E-state index in [1.54, 1.807) is 0 Å². The number of ether oxygens (including phenoxy) is 1. The van der Waals surface area contributed by atoms with Gasteiger partial charge in [-0.3, -0.25) is 4.79 Å². The molecule has 2 fully saturated rings. The second kappa shape index (κ2) is 3.34. The normalized spacial score (nSPS) is 37.7. The molecule has 1 heterocycles.